The minimum absolute atomic E-state index is 0.0786. The Morgan fingerprint density at radius 1 is 1.11 bits per heavy atom. The van der Waals surface area contributed by atoms with E-state index < -0.39 is 10.9 Å². The summed E-state index contributed by atoms with van der Waals surface area (Å²) in [6.07, 6.45) is 0. The van der Waals surface area contributed by atoms with Crippen molar-refractivity contribution in [3.63, 3.8) is 0 Å². The molecule has 0 bridgehead atoms. The topological polar surface area (TPSA) is 98.7 Å². The fourth-order valence-corrected chi connectivity index (χ4v) is 3.69. The largest absolute Gasteiger partial charge is 0.505 e. The Labute approximate surface area is 165 Å². The van der Waals surface area contributed by atoms with Gasteiger partial charge in [0.2, 0.25) is 0 Å². The number of anilines is 3. The minimum Gasteiger partial charge on any atom is -0.505 e. The SMILES string of the molecule is Cc1ccc([C@@H](C)Nc2c(Nc3cccc(C(=O)N(C)C)c3O)c(=O)c2=O)s1. The van der Waals surface area contributed by atoms with Crippen LogP contribution >= 0.6 is 11.3 Å². The van der Waals surface area contributed by atoms with E-state index in [1.54, 1.807) is 31.5 Å². The van der Waals surface area contributed by atoms with Gasteiger partial charge in [-0.2, -0.15) is 0 Å². The molecule has 1 atom stereocenters. The van der Waals surface area contributed by atoms with Crippen molar-refractivity contribution in [3.8, 4) is 5.75 Å². The van der Waals surface area contributed by atoms with E-state index in [-0.39, 0.29) is 40.3 Å². The molecule has 1 amide bonds. The average Bonchev–Trinajstić information content (AvgIpc) is 3.11. The molecular formula is C20H21N3O4S. The Kier molecular flexibility index (Phi) is 5.24. The number of carbonyl (C=O) groups is 1. The normalized spacial score (nSPS) is 12.0. The molecule has 0 aliphatic heterocycles. The zero-order chi connectivity index (χ0) is 20.6. The number of amides is 1. The second-order valence-corrected chi connectivity index (χ2v) is 8.07. The molecule has 0 aliphatic carbocycles. The minimum atomic E-state index is -0.666. The van der Waals surface area contributed by atoms with Gasteiger partial charge < -0.3 is 20.6 Å². The summed E-state index contributed by atoms with van der Waals surface area (Å²) in [7, 11) is 3.16. The van der Waals surface area contributed by atoms with E-state index in [0.717, 1.165) is 9.75 Å². The van der Waals surface area contributed by atoms with Crippen LogP contribution in [0.4, 0.5) is 17.1 Å². The van der Waals surface area contributed by atoms with Crippen LogP contribution in [0.15, 0.2) is 39.9 Å². The molecule has 3 N–H and O–H groups in total. The zero-order valence-corrected chi connectivity index (χ0v) is 16.8. The fourth-order valence-electron chi connectivity index (χ4n) is 2.81. The summed E-state index contributed by atoms with van der Waals surface area (Å²) in [6.45, 7) is 3.90. The molecule has 3 aromatic rings. The van der Waals surface area contributed by atoms with Crippen molar-refractivity contribution < 1.29 is 9.90 Å². The predicted octanol–water partition coefficient (Wildman–Crippen LogP) is 2.98. The molecule has 146 valence electrons. The molecular weight excluding hydrogens is 378 g/mol. The number of hydrogen-bond acceptors (Lipinski definition) is 7. The number of hydrogen-bond donors (Lipinski definition) is 3. The van der Waals surface area contributed by atoms with E-state index in [2.05, 4.69) is 10.6 Å². The number of aromatic hydroxyl groups is 1. The van der Waals surface area contributed by atoms with Gasteiger partial charge in [-0.25, -0.2) is 0 Å². The van der Waals surface area contributed by atoms with Gasteiger partial charge in [-0.3, -0.25) is 14.4 Å². The molecule has 2 aromatic carbocycles. The molecule has 0 unspecified atom stereocenters. The lowest BCUT2D eigenvalue weighted by molar-refractivity contribution is 0.0824. The van der Waals surface area contributed by atoms with Crippen LogP contribution in [0.1, 0.15) is 33.1 Å². The number of nitrogens with zero attached hydrogens (tertiary/aromatic N) is 1. The van der Waals surface area contributed by atoms with E-state index in [1.165, 1.54) is 17.0 Å². The average molecular weight is 399 g/mol. The third-order valence-corrected chi connectivity index (χ3v) is 5.57. The molecule has 0 aliphatic rings. The highest BCUT2D eigenvalue weighted by Gasteiger charge is 2.25. The van der Waals surface area contributed by atoms with Crippen LogP contribution in [-0.4, -0.2) is 30.0 Å². The van der Waals surface area contributed by atoms with E-state index in [0.29, 0.717) is 0 Å². The number of benzene rings is 1. The van der Waals surface area contributed by atoms with Gasteiger partial charge in [0.25, 0.3) is 16.8 Å². The maximum Gasteiger partial charge on any atom is 0.257 e. The molecule has 1 heterocycles. The molecule has 0 fully saturated rings. The maximum absolute atomic E-state index is 12.2. The second-order valence-electron chi connectivity index (χ2n) is 6.75. The fraction of sp³-hybridized carbons (Fsp3) is 0.250. The van der Waals surface area contributed by atoms with Crippen molar-refractivity contribution >= 4 is 34.3 Å². The number of rotatable bonds is 6. The van der Waals surface area contributed by atoms with Gasteiger partial charge in [0, 0.05) is 23.8 Å². The molecule has 3 rings (SSSR count). The summed E-state index contributed by atoms with van der Waals surface area (Å²) >= 11 is 1.61. The lowest BCUT2D eigenvalue weighted by Crippen LogP contribution is -2.37. The standard InChI is InChI=1S/C20H21N3O4S/c1-10-8-9-14(28-10)11(2)21-15-16(19(26)18(15)25)22-13-7-5-6-12(17(13)24)20(27)23(3)4/h5-9,11,21-22,24H,1-4H3/t11-/m1/s1. The second kappa shape index (κ2) is 7.47. The van der Waals surface area contributed by atoms with Crippen LogP contribution in [0.5, 0.6) is 5.75 Å². The Bertz CT molecular complexity index is 1110. The summed E-state index contributed by atoms with van der Waals surface area (Å²) in [6, 6.07) is 8.43. The van der Waals surface area contributed by atoms with Crippen LogP contribution in [0, 0.1) is 6.92 Å². The van der Waals surface area contributed by atoms with Crippen molar-refractivity contribution in [3.05, 3.63) is 66.1 Å². The molecule has 1 aromatic heterocycles. The Hall–Kier alpha value is -3.13. The summed E-state index contributed by atoms with van der Waals surface area (Å²) in [5.41, 5.74) is -0.737. The molecule has 8 heteroatoms. The first-order chi connectivity index (χ1) is 13.2. The molecule has 0 saturated carbocycles. The lowest BCUT2D eigenvalue weighted by Gasteiger charge is -2.20. The van der Waals surface area contributed by atoms with Crippen LogP contribution in [0.3, 0.4) is 0 Å². The van der Waals surface area contributed by atoms with E-state index in [1.807, 2.05) is 26.0 Å². The highest BCUT2D eigenvalue weighted by Crippen LogP contribution is 2.33. The third-order valence-electron chi connectivity index (χ3n) is 4.39. The first-order valence-corrected chi connectivity index (χ1v) is 9.49. The first-order valence-electron chi connectivity index (χ1n) is 8.67. The summed E-state index contributed by atoms with van der Waals surface area (Å²) < 4.78 is 0. The summed E-state index contributed by atoms with van der Waals surface area (Å²) in [4.78, 5) is 39.8. The quantitative estimate of drug-likeness (QED) is 0.435. The number of aryl methyl sites for hydroxylation is 1. The van der Waals surface area contributed by atoms with E-state index in [9.17, 15) is 19.5 Å². The summed E-state index contributed by atoms with van der Waals surface area (Å²) in [5.74, 6) is -0.645. The molecule has 0 radical (unpaired) electrons. The highest BCUT2D eigenvalue weighted by atomic mass is 32.1. The van der Waals surface area contributed by atoms with Gasteiger partial charge in [-0.15, -0.1) is 11.3 Å². The van der Waals surface area contributed by atoms with Crippen LogP contribution < -0.4 is 21.5 Å². The zero-order valence-electron chi connectivity index (χ0n) is 16.0. The maximum atomic E-state index is 12.2. The van der Waals surface area contributed by atoms with Gasteiger partial charge in [0.15, 0.2) is 5.75 Å². The molecule has 0 saturated heterocycles. The number of para-hydroxylation sites is 1. The monoisotopic (exact) mass is 399 g/mol. The number of carbonyl (C=O) groups excluding carboxylic acids is 1. The Balaban J connectivity index is 1.88. The molecule has 0 spiro atoms. The van der Waals surface area contributed by atoms with Crippen LogP contribution in [0.25, 0.3) is 0 Å². The number of nitrogens with one attached hydrogen (secondary N) is 2. The summed E-state index contributed by atoms with van der Waals surface area (Å²) in [5, 5.41) is 16.3. The molecule has 7 nitrogen and oxygen atoms in total. The van der Waals surface area contributed by atoms with E-state index >= 15 is 0 Å². The first kappa shape index (κ1) is 19.6. The van der Waals surface area contributed by atoms with Crippen LogP contribution in [0.2, 0.25) is 0 Å². The number of phenolic OH excluding ortho intramolecular Hbond substituents is 1. The van der Waals surface area contributed by atoms with Gasteiger partial charge in [0.05, 0.1) is 17.3 Å². The van der Waals surface area contributed by atoms with Gasteiger partial charge in [-0.1, -0.05) is 6.07 Å². The van der Waals surface area contributed by atoms with Crippen molar-refractivity contribution in [1.29, 1.82) is 0 Å². The Morgan fingerprint density at radius 3 is 2.39 bits per heavy atom. The van der Waals surface area contributed by atoms with Gasteiger partial charge in [-0.05, 0) is 38.1 Å². The predicted molar refractivity (Wildman–Crippen MR) is 112 cm³/mol. The van der Waals surface area contributed by atoms with Gasteiger partial charge in [0.1, 0.15) is 11.4 Å². The highest BCUT2D eigenvalue weighted by molar-refractivity contribution is 7.12. The van der Waals surface area contributed by atoms with Crippen LogP contribution in [-0.2, 0) is 0 Å². The van der Waals surface area contributed by atoms with Crippen molar-refractivity contribution in [2.45, 2.75) is 19.9 Å². The Morgan fingerprint density at radius 2 is 1.79 bits per heavy atom. The molecule has 28 heavy (non-hydrogen) atoms. The van der Waals surface area contributed by atoms with Gasteiger partial charge >= 0.3 is 0 Å². The van der Waals surface area contributed by atoms with Crippen molar-refractivity contribution in [2.24, 2.45) is 0 Å². The van der Waals surface area contributed by atoms with Crippen molar-refractivity contribution in [1.82, 2.24) is 4.90 Å². The van der Waals surface area contributed by atoms with Crippen molar-refractivity contribution in [2.75, 3.05) is 24.7 Å². The third kappa shape index (κ3) is 3.50. The number of thiophene rings is 1. The lowest BCUT2D eigenvalue weighted by atomic mass is 10.1. The van der Waals surface area contributed by atoms with E-state index in [4.69, 9.17) is 0 Å². The smallest absolute Gasteiger partial charge is 0.257 e. The number of phenols is 1.